The zero-order valence-corrected chi connectivity index (χ0v) is 21.8. The van der Waals surface area contributed by atoms with Gasteiger partial charge in [0, 0.05) is 6.54 Å². The van der Waals surface area contributed by atoms with Crippen molar-refractivity contribution in [1.82, 2.24) is 4.90 Å². The number of halogens is 1. The second-order valence-corrected chi connectivity index (χ2v) is 9.66. The van der Waals surface area contributed by atoms with Crippen molar-refractivity contribution in [1.29, 1.82) is 0 Å². The average molecular weight is 536 g/mol. The van der Waals surface area contributed by atoms with Crippen molar-refractivity contribution >= 4 is 16.9 Å². The fourth-order valence-corrected chi connectivity index (χ4v) is 5.10. The summed E-state index contributed by atoms with van der Waals surface area (Å²) in [5.41, 5.74) is 2.78. The minimum atomic E-state index is -0.687. The molecule has 2 heterocycles. The minimum absolute atomic E-state index is 0.00626. The molecule has 6 rings (SSSR count). The van der Waals surface area contributed by atoms with E-state index in [1.165, 1.54) is 12.1 Å². The van der Waals surface area contributed by atoms with Crippen LogP contribution in [0.15, 0.2) is 106 Å². The van der Waals surface area contributed by atoms with Crippen LogP contribution >= 0.6 is 0 Å². The highest BCUT2D eigenvalue weighted by Gasteiger charge is 2.42. The molecule has 0 bridgehead atoms. The number of rotatable bonds is 8. The van der Waals surface area contributed by atoms with Gasteiger partial charge in [-0.15, -0.1) is 0 Å². The fraction of sp³-hybridized carbons (Fsp3) is 0.152. The van der Waals surface area contributed by atoms with Gasteiger partial charge in [0.1, 0.15) is 29.5 Å². The molecule has 0 saturated heterocycles. The molecule has 1 atom stereocenters. The Morgan fingerprint density at radius 3 is 2.30 bits per heavy atom. The van der Waals surface area contributed by atoms with Gasteiger partial charge in [-0.05, 0) is 65.6 Å². The first-order valence-electron chi connectivity index (χ1n) is 13.0. The summed E-state index contributed by atoms with van der Waals surface area (Å²) in [7, 11) is 1.61. The molecule has 1 aliphatic heterocycles. The number of carbonyl (C=O) groups excluding carboxylic acids is 1. The van der Waals surface area contributed by atoms with Gasteiger partial charge in [0.2, 0.25) is 5.76 Å². The first-order chi connectivity index (χ1) is 19.5. The Hall–Kier alpha value is -4.91. The lowest BCUT2D eigenvalue weighted by Gasteiger charge is -2.25. The predicted octanol–water partition coefficient (Wildman–Crippen LogP) is 6.31. The summed E-state index contributed by atoms with van der Waals surface area (Å²) in [5, 5.41) is 0.108. The second-order valence-electron chi connectivity index (χ2n) is 9.66. The quantitative estimate of drug-likeness (QED) is 0.233. The van der Waals surface area contributed by atoms with E-state index in [-0.39, 0.29) is 28.2 Å². The van der Waals surface area contributed by atoms with E-state index in [1.54, 1.807) is 12.0 Å². The minimum Gasteiger partial charge on any atom is -0.497 e. The molecule has 0 saturated carbocycles. The number of ether oxygens (including phenoxy) is 2. The van der Waals surface area contributed by atoms with Crippen LogP contribution in [0.2, 0.25) is 0 Å². The van der Waals surface area contributed by atoms with Gasteiger partial charge in [0.15, 0.2) is 5.43 Å². The van der Waals surface area contributed by atoms with Crippen molar-refractivity contribution in [3.05, 3.63) is 141 Å². The average Bonchev–Trinajstić information content (AvgIpc) is 3.27. The number of methoxy groups -OCH3 is 1. The van der Waals surface area contributed by atoms with Crippen LogP contribution < -0.4 is 14.9 Å². The monoisotopic (exact) mass is 535 g/mol. The first-order valence-corrected chi connectivity index (χ1v) is 13.0. The Labute approximate surface area is 230 Å². The molecule has 1 aliphatic rings. The largest absolute Gasteiger partial charge is 0.497 e. The summed E-state index contributed by atoms with van der Waals surface area (Å²) < 4.78 is 31.2. The topological polar surface area (TPSA) is 69.0 Å². The highest BCUT2D eigenvalue weighted by Crippen LogP contribution is 2.39. The van der Waals surface area contributed by atoms with Gasteiger partial charge in [-0.1, -0.05) is 54.6 Å². The molecule has 6 nitrogen and oxygen atoms in total. The summed E-state index contributed by atoms with van der Waals surface area (Å²) in [6, 6.07) is 27.9. The van der Waals surface area contributed by atoms with Crippen molar-refractivity contribution in [2.75, 3.05) is 13.7 Å². The van der Waals surface area contributed by atoms with Gasteiger partial charge in [0.05, 0.1) is 24.1 Å². The van der Waals surface area contributed by atoms with Crippen LogP contribution in [0.3, 0.4) is 0 Å². The predicted molar refractivity (Wildman–Crippen MR) is 149 cm³/mol. The molecule has 7 heteroatoms. The van der Waals surface area contributed by atoms with Gasteiger partial charge < -0.3 is 18.8 Å². The smallest absolute Gasteiger partial charge is 0.290 e. The zero-order valence-electron chi connectivity index (χ0n) is 21.8. The number of benzene rings is 4. The van der Waals surface area contributed by atoms with Crippen molar-refractivity contribution in [3.8, 4) is 11.5 Å². The second kappa shape index (κ2) is 10.7. The summed E-state index contributed by atoms with van der Waals surface area (Å²) in [6.45, 7) is 0.760. The number of amides is 1. The Morgan fingerprint density at radius 2 is 1.57 bits per heavy atom. The van der Waals surface area contributed by atoms with E-state index in [4.69, 9.17) is 13.9 Å². The van der Waals surface area contributed by atoms with Crippen LogP contribution in [-0.2, 0) is 13.0 Å². The molecule has 1 unspecified atom stereocenters. The van der Waals surface area contributed by atoms with Crippen LogP contribution in [0.25, 0.3) is 11.0 Å². The lowest BCUT2D eigenvalue weighted by atomic mass is 9.98. The van der Waals surface area contributed by atoms with E-state index in [1.807, 2.05) is 78.9 Å². The van der Waals surface area contributed by atoms with E-state index in [0.717, 1.165) is 28.5 Å². The highest BCUT2D eigenvalue weighted by molar-refractivity contribution is 5.99. The lowest BCUT2D eigenvalue weighted by molar-refractivity contribution is 0.0730. The summed E-state index contributed by atoms with van der Waals surface area (Å²) >= 11 is 0. The summed E-state index contributed by atoms with van der Waals surface area (Å²) in [6.07, 6.45) is 0.556. The Balaban J connectivity index is 1.35. The number of fused-ring (bicyclic) bond motifs is 2. The van der Waals surface area contributed by atoms with E-state index in [2.05, 4.69) is 0 Å². The maximum Gasteiger partial charge on any atom is 0.290 e. The molecule has 1 aromatic heterocycles. The van der Waals surface area contributed by atoms with Gasteiger partial charge in [-0.3, -0.25) is 9.59 Å². The molecule has 0 fully saturated rings. The number of nitrogens with zero attached hydrogens (tertiary/aromatic N) is 1. The molecule has 0 radical (unpaired) electrons. The van der Waals surface area contributed by atoms with Crippen molar-refractivity contribution < 1.29 is 23.1 Å². The maximum atomic E-state index is 14.1. The van der Waals surface area contributed by atoms with E-state index >= 15 is 0 Å². The summed E-state index contributed by atoms with van der Waals surface area (Å²) in [4.78, 5) is 29.0. The van der Waals surface area contributed by atoms with E-state index < -0.39 is 17.3 Å². The van der Waals surface area contributed by atoms with Crippen LogP contribution in [0, 0.1) is 5.82 Å². The van der Waals surface area contributed by atoms with Gasteiger partial charge in [-0.25, -0.2) is 4.39 Å². The van der Waals surface area contributed by atoms with Crippen LogP contribution in [0.1, 0.15) is 38.9 Å². The zero-order chi connectivity index (χ0) is 27.6. The van der Waals surface area contributed by atoms with Crippen molar-refractivity contribution in [3.63, 3.8) is 0 Å². The first kappa shape index (κ1) is 25.4. The lowest BCUT2D eigenvalue weighted by Crippen LogP contribution is -2.31. The van der Waals surface area contributed by atoms with Gasteiger partial charge >= 0.3 is 0 Å². The molecular weight excluding hydrogens is 509 g/mol. The Morgan fingerprint density at radius 1 is 0.850 bits per heavy atom. The van der Waals surface area contributed by atoms with Crippen LogP contribution in [-0.4, -0.2) is 24.5 Å². The molecule has 5 aromatic rings. The van der Waals surface area contributed by atoms with E-state index in [0.29, 0.717) is 25.3 Å². The normalized spacial score (nSPS) is 14.4. The van der Waals surface area contributed by atoms with E-state index in [9.17, 15) is 14.0 Å². The molecule has 4 aromatic carbocycles. The molecule has 1 amide bonds. The third-order valence-corrected chi connectivity index (χ3v) is 7.17. The molecule has 0 spiro atoms. The summed E-state index contributed by atoms with van der Waals surface area (Å²) in [5.74, 6) is 0.482. The van der Waals surface area contributed by atoms with Crippen molar-refractivity contribution in [2.45, 2.75) is 19.1 Å². The van der Waals surface area contributed by atoms with Crippen LogP contribution in [0.5, 0.6) is 11.5 Å². The third-order valence-electron chi connectivity index (χ3n) is 7.17. The molecule has 0 N–H and O–H groups in total. The fourth-order valence-electron chi connectivity index (χ4n) is 5.10. The van der Waals surface area contributed by atoms with Gasteiger partial charge in [-0.2, -0.15) is 0 Å². The Kier molecular flexibility index (Phi) is 6.78. The highest BCUT2D eigenvalue weighted by atomic mass is 19.1. The molecular formula is C33H26FNO5. The molecule has 200 valence electrons. The molecule has 40 heavy (non-hydrogen) atoms. The van der Waals surface area contributed by atoms with Crippen LogP contribution in [0.4, 0.5) is 4.39 Å². The number of hydrogen-bond donors (Lipinski definition) is 0. The van der Waals surface area contributed by atoms with Crippen molar-refractivity contribution in [2.24, 2.45) is 0 Å². The number of hydrogen-bond acceptors (Lipinski definition) is 5. The number of carbonyl (C=O) groups is 1. The Bertz CT molecular complexity index is 1730. The molecule has 0 aliphatic carbocycles. The van der Waals surface area contributed by atoms with Gasteiger partial charge in [0.25, 0.3) is 5.91 Å². The SMILES string of the molecule is COc1ccc(CCN2C(=O)c3oc4ccc(F)cc4c(=O)c3C2c2ccc(OCc3ccccc3)cc2)cc1. The third kappa shape index (κ3) is 4.82. The standard InChI is InChI=1S/C33H26FNO5/c1-38-25-12-7-21(8-13-25)17-18-35-30(23-9-14-26(15-10-23)39-20-22-5-3-2-4-6-22)29-31(36)27-19-24(34)11-16-28(27)40-32(29)33(35)37/h2-16,19,30H,17-18,20H2,1H3. The maximum absolute atomic E-state index is 14.1.